The lowest BCUT2D eigenvalue weighted by molar-refractivity contribution is 0.523. The van der Waals surface area contributed by atoms with Gasteiger partial charge in [0.2, 0.25) is 0 Å². The van der Waals surface area contributed by atoms with Crippen LogP contribution < -0.4 is 0 Å². The normalized spacial score (nSPS) is 11.6. The summed E-state index contributed by atoms with van der Waals surface area (Å²) in [5.74, 6) is 0. The van der Waals surface area contributed by atoms with Crippen LogP contribution in [-0.4, -0.2) is 9.78 Å². The smallest absolute Gasteiger partial charge is 0.150 e. The van der Waals surface area contributed by atoms with Gasteiger partial charge in [0.15, 0.2) is 0 Å². The number of hydrogen-bond acceptors (Lipinski definition) is 3. The second kappa shape index (κ2) is 5.48. The Balaban J connectivity index is 2.33. The molecule has 1 aromatic heterocycles. The third kappa shape index (κ3) is 2.98. The maximum atomic E-state index is 5.40. The maximum Gasteiger partial charge on any atom is 0.150 e. The predicted molar refractivity (Wildman–Crippen MR) is 80.1 cm³/mol. The second-order valence-electron chi connectivity index (χ2n) is 4.89. The summed E-state index contributed by atoms with van der Waals surface area (Å²) in [6.45, 7) is 8.15. The molecule has 0 saturated carbocycles. The van der Waals surface area contributed by atoms with Crippen LogP contribution in [0.25, 0.3) is 0 Å². The molecule has 5 heteroatoms. The minimum Gasteiger partial charge on any atom is -0.299 e. The highest BCUT2D eigenvalue weighted by atomic mass is 32.1. The van der Waals surface area contributed by atoms with Gasteiger partial charge in [-0.05, 0) is 39.8 Å². The fourth-order valence-electron chi connectivity index (χ4n) is 1.76. The molecule has 2 aromatic rings. The van der Waals surface area contributed by atoms with E-state index in [0.717, 1.165) is 17.1 Å². The highest BCUT2D eigenvalue weighted by Crippen LogP contribution is 2.24. The van der Waals surface area contributed by atoms with Crippen LogP contribution >= 0.6 is 12.2 Å². The lowest BCUT2D eigenvalue weighted by atomic mass is 10.2. The first kappa shape index (κ1) is 13.7. The summed E-state index contributed by atoms with van der Waals surface area (Å²) in [6, 6.07) is 8.21. The Bertz CT molecular complexity index is 647. The van der Waals surface area contributed by atoms with Gasteiger partial charge in [-0.2, -0.15) is 5.11 Å². The monoisotopic (exact) mass is 274 g/mol. The van der Waals surface area contributed by atoms with E-state index in [4.69, 9.17) is 12.2 Å². The van der Waals surface area contributed by atoms with Gasteiger partial charge in [-0.1, -0.05) is 29.9 Å². The molecule has 1 N–H and O–H groups in total. The molecule has 0 aliphatic carbocycles. The van der Waals surface area contributed by atoms with Crippen molar-refractivity contribution in [3.8, 4) is 0 Å². The van der Waals surface area contributed by atoms with Gasteiger partial charge in [0.25, 0.3) is 0 Å². The number of hydrogen-bond donors (Lipinski definition) is 1. The number of benzene rings is 1. The van der Waals surface area contributed by atoms with Gasteiger partial charge in [0.05, 0.1) is 11.4 Å². The van der Waals surface area contributed by atoms with Crippen LogP contribution in [0.3, 0.4) is 0 Å². The lowest BCUT2D eigenvalue weighted by Crippen LogP contribution is -2.02. The maximum absolute atomic E-state index is 5.40. The SMILES string of the molecule is Cc1ccc(N=Nc2c(C)[nH]n(C(C)C)c2=S)cc1. The van der Waals surface area contributed by atoms with Crippen molar-refractivity contribution in [1.82, 2.24) is 9.78 Å². The van der Waals surface area contributed by atoms with Crippen LogP contribution in [-0.2, 0) is 0 Å². The average Bonchev–Trinajstić information content (AvgIpc) is 2.65. The largest absolute Gasteiger partial charge is 0.299 e. The van der Waals surface area contributed by atoms with Crippen molar-refractivity contribution >= 4 is 23.6 Å². The zero-order valence-corrected chi connectivity index (χ0v) is 12.5. The fraction of sp³-hybridized carbons (Fsp3) is 0.357. The van der Waals surface area contributed by atoms with Gasteiger partial charge in [-0.25, -0.2) is 0 Å². The summed E-state index contributed by atoms with van der Waals surface area (Å²) in [4.78, 5) is 0. The van der Waals surface area contributed by atoms with E-state index in [1.54, 1.807) is 0 Å². The topological polar surface area (TPSA) is 45.4 Å². The zero-order valence-electron chi connectivity index (χ0n) is 11.6. The number of nitrogens with one attached hydrogen (secondary N) is 1. The predicted octanol–water partition coefficient (Wildman–Crippen LogP) is 5.16. The first-order chi connectivity index (χ1) is 8.99. The Kier molecular flexibility index (Phi) is 3.95. The molecule has 19 heavy (non-hydrogen) atoms. The first-order valence-electron chi connectivity index (χ1n) is 6.28. The number of H-pyrrole nitrogens is 1. The molecule has 0 bridgehead atoms. The van der Waals surface area contributed by atoms with E-state index in [2.05, 4.69) is 29.2 Å². The average molecular weight is 274 g/mol. The van der Waals surface area contributed by atoms with Crippen molar-refractivity contribution in [1.29, 1.82) is 0 Å². The Morgan fingerprint density at radius 1 is 1.11 bits per heavy atom. The van der Waals surface area contributed by atoms with Crippen LogP contribution in [0.5, 0.6) is 0 Å². The Morgan fingerprint density at radius 3 is 2.26 bits per heavy atom. The number of aryl methyl sites for hydroxylation is 2. The number of azo groups is 1. The number of aromatic nitrogens is 2. The highest BCUT2D eigenvalue weighted by molar-refractivity contribution is 7.71. The van der Waals surface area contributed by atoms with Gasteiger partial charge < -0.3 is 0 Å². The van der Waals surface area contributed by atoms with Crippen molar-refractivity contribution < 1.29 is 0 Å². The number of rotatable bonds is 3. The molecule has 0 fully saturated rings. The third-order valence-corrected chi connectivity index (χ3v) is 3.27. The number of nitrogens with zero attached hydrogens (tertiary/aromatic N) is 3. The van der Waals surface area contributed by atoms with Crippen molar-refractivity contribution in [3.05, 3.63) is 40.2 Å². The van der Waals surface area contributed by atoms with Gasteiger partial charge in [0, 0.05) is 6.04 Å². The quantitative estimate of drug-likeness (QED) is 0.610. The molecule has 0 atom stereocenters. The molecule has 2 rings (SSSR count). The summed E-state index contributed by atoms with van der Waals surface area (Å²) in [7, 11) is 0. The summed E-state index contributed by atoms with van der Waals surface area (Å²) < 4.78 is 2.62. The lowest BCUT2D eigenvalue weighted by Gasteiger charge is -2.04. The minimum atomic E-state index is 0.287. The summed E-state index contributed by atoms with van der Waals surface area (Å²) >= 11 is 5.40. The Hall–Kier alpha value is -1.75. The van der Waals surface area contributed by atoms with E-state index in [1.165, 1.54) is 5.56 Å². The van der Waals surface area contributed by atoms with Gasteiger partial charge >= 0.3 is 0 Å². The Labute approximate surface area is 118 Å². The van der Waals surface area contributed by atoms with Crippen molar-refractivity contribution in [3.63, 3.8) is 0 Å². The molecule has 0 aliphatic heterocycles. The van der Waals surface area contributed by atoms with Crippen molar-refractivity contribution in [2.24, 2.45) is 10.2 Å². The van der Waals surface area contributed by atoms with E-state index in [9.17, 15) is 0 Å². The summed E-state index contributed by atoms with van der Waals surface area (Å²) in [5.41, 5.74) is 3.72. The fourth-order valence-corrected chi connectivity index (χ4v) is 2.21. The standard InChI is InChI=1S/C14H18N4S/c1-9(2)18-14(19)13(11(4)17-18)16-15-12-7-5-10(3)6-8-12/h5-9,17H,1-4H3. The van der Waals surface area contributed by atoms with E-state index in [0.29, 0.717) is 4.64 Å². The van der Waals surface area contributed by atoms with Crippen molar-refractivity contribution in [2.45, 2.75) is 33.7 Å². The molecule has 1 aromatic carbocycles. The van der Waals surface area contributed by atoms with Crippen LogP contribution in [0.1, 0.15) is 31.1 Å². The molecule has 0 saturated heterocycles. The van der Waals surface area contributed by atoms with Gasteiger partial charge in [-0.3, -0.25) is 9.78 Å². The molecule has 0 unspecified atom stereocenters. The molecule has 4 nitrogen and oxygen atoms in total. The van der Waals surface area contributed by atoms with E-state index in [-0.39, 0.29) is 6.04 Å². The van der Waals surface area contributed by atoms with Crippen LogP contribution in [0.15, 0.2) is 34.5 Å². The van der Waals surface area contributed by atoms with Crippen LogP contribution in [0.2, 0.25) is 0 Å². The molecule has 100 valence electrons. The van der Waals surface area contributed by atoms with Crippen LogP contribution in [0.4, 0.5) is 11.4 Å². The zero-order chi connectivity index (χ0) is 14.0. The van der Waals surface area contributed by atoms with Gasteiger partial charge in [0.1, 0.15) is 10.3 Å². The molecule has 0 aliphatic rings. The molecule has 0 radical (unpaired) electrons. The molecule has 1 heterocycles. The van der Waals surface area contributed by atoms with Gasteiger partial charge in [-0.15, -0.1) is 5.11 Å². The molecular formula is C14H18N4S. The van der Waals surface area contributed by atoms with Crippen LogP contribution in [0, 0.1) is 18.5 Å². The van der Waals surface area contributed by atoms with E-state index in [1.807, 2.05) is 42.8 Å². The summed E-state index contributed by atoms with van der Waals surface area (Å²) in [5, 5.41) is 11.7. The minimum absolute atomic E-state index is 0.287. The molecule has 0 amide bonds. The highest BCUT2D eigenvalue weighted by Gasteiger charge is 2.09. The van der Waals surface area contributed by atoms with E-state index >= 15 is 0 Å². The second-order valence-corrected chi connectivity index (χ2v) is 5.28. The summed E-state index contributed by atoms with van der Waals surface area (Å²) in [6.07, 6.45) is 0. The van der Waals surface area contributed by atoms with Crippen molar-refractivity contribution in [2.75, 3.05) is 0 Å². The molecular weight excluding hydrogens is 256 g/mol. The first-order valence-corrected chi connectivity index (χ1v) is 6.69. The third-order valence-electron chi connectivity index (χ3n) is 2.88. The number of aromatic amines is 1. The molecule has 0 spiro atoms. The van der Waals surface area contributed by atoms with E-state index < -0.39 is 0 Å². The Morgan fingerprint density at radius 2 is 1.74 bits per heavy atom.